The second-order valence-electron chi connectivity index (χ2n) is 5.46. The van der Waals surface area contributed by atoms with E-state index in [4.69, 9.17) is 4.74 Å². The Kier molecular flexibility index (Phi) is 6.13. The van der Waals surface area contributed by atoms with Crippen molar-refractivity contribution in [3.63, 3.8) is 0 Å². The molecule has 0 atom stereocenters. The van der Waals surface area contributed by atoms with Gasteiger partial charge in [-0.2, -0.15) is 0 Å². The number of nitrogens with one attached hydrogen (secondary N) is 1. The van der Waals surface area contributed by atoms with Gasteiger partial charge in [-0.3, -0.25) is 0 Å². The maximum absolute atomic E-state index is 5.65. The molecule has 102 valence electrons. The third-order valence-electron chi connectivity index (χ3n) is 2.82. The minimum Gasteiger partial charge on any atom is -0.478 e. The average molecular weight is 250 g/mol. The van der Waals surface area contributed by atoms with Crippen LogP contribution in [0.15, 0.2) is 12.1 Å². The Balaban J connectivity index is 2.51. The highest BCUT2D eigenvalue weighted by atomic mass is 16.5. The second-order valence-corrected chi connectivity index (χ2v) is 5.46. The van der Waals surface area contributed by atoms with E-state index in [-0.39, 0.29) is 0 Å². The topological polar surface area (TPSA) is 34.1 Å². The van der Waals surface area contributed by atoms with E-state index in [1.165, 1.54) is 5.56 Å². The molecular weight excluding hydrogens is 224 g/mol. The van der Waals surface area contributed by atoms with Gasteiger partial charge >= 0.3 is 0 Å². The predicted molar refractivity (Wildman–Crippen MR) is 75.9 cm³/mol. The highest BCUT2D eigenvalue weighted by molar-refractivity contribution is 5.24. The summed E-state index contributed by atoms with van der Waals surface area (Å²) in [6.45, 7) is 12.3. The highest BCUT2D eigenvalue weighted by Crippen LogP contribution is 2.13. The molecule has 0 unspecified atom stereocenters. The van der Waals surface area contributed by atoms with Gasteiger partial charge in [0.2, 0.25) is 5.88 Å². The Hall–Kier alpha value is -1.09. The minimum atomic E-state index is 0.492. The summed E-state index contributed by atoms with van der Waals surface area (Å²) >= 11 is 0. The molecule has 1 aromatic rings. The first-order chi connectivity index (χ1) is 8.49. The van der Waals surface area contributed by atoms with Gasteiger partial charge in [0.25, 0.3) is 0 Å². The van der Waals surface area contributed by atoms with Crippen LogP contribution in [0.1, 0.15) is 45.4 Å². The van der Waals surface area contributed by atoms with Crippen molar-refractivity contribution in [1.82, 2.24) is 10.3 Å². The molecule has 3 nitrogen and oxygen atoms in total. The van der Waals surface area contributed by atoms with Crippen LogP contribution in [0.5, 0.6) is 5.88 Å². The molecule has 0 bridgehead atoms. The summed E-state index contributed by atoms with van der Waals surface area (Å²) in [6, 6.07) is 4.55. The summed E-state index contributed by atoms with van der Waals surface area (Å²) in [5, 5.41) is 3.40. The van der Waals surface area contributed by atoms with Crippen LogP contribution in [0.2, 0.25) is 0 Å². The van der Waals surface area contributed by atoms with Crippen molar-refractivity contribution in [2.24, 2.45) is 5.92 Å². The van der Waals surface area contributed by atoms with Crippen LogP contribution in [0, 0.1) is 12.8 Å². The Bertz CT molecular complexity index is 362. The van der Waals surface area contributed by atoms with Crippen LogP contribution in [0.3, 0.4) is 0 Å². The van der Waals surface area contributed by atoms with E-state index < -0.39 is 0 Å². The van der Waals surface area contributed by atoms with Crippen LogP contribution in [-0.4, -0.2) is 17.6 Å². The molecule has 0 amide bonds. The monoisotopic (exact) mass is 250 g/mol. The lowest BCUT2D eigenvalue weighted by Crippen LogP contribution is -2.22. The summed E-state index contributed by atoms with van der Waals surface area (Å²) < 4.78 is 5.65. The van der Waals surface area contributed by atoms with Crippen LogP contribution < -0.4 is 10.1 Å². The smallest absolute Gasteiger partial charge is 0.213 e. The van der Waals surface area contributed by atoms with Crippen molar-refractivity contribution in [2.75, 3.05) is 6.61 Å². The molecule has 0 aliphatic rings. The molecule has 0 radical (unpaired) electrons. The first-order valence-corrected chi connectivity index (χ1v) is 6.81. The SMILES string of the molecule is Cc1nc(OCCC(C)C)ccc1CNC(C)C. The van der Waals surface area contributed by atoms with E-state index in [1.54, 1.807) is 0 Å². The van der Waals surface area contributed by atoms with Crippen molar-refractivity contribution < 1.29 is 4.74 Å². The summed E-state index contributed by atoms with van der Waals surface area (Å²) in [6.07, 6.45) is 1.07. The minimum absolute atomic E-state index is 0.492. The second kappa shape index (κ2) is 7.37. The molecular formula is C15H26N2O. The number of hydrogen-bond acceptors (Lipinski definition) is 3. The van der Waals surface area contributed by atoms with Gasteiger partial charge in [0.1, 0.15) is 0 Å². The van der Waals surface area contributed by atoms with Gasteiger partial charge in [0, 0.05) is 24.3 Å². The van der Waals surface area contributed by atoms with Gasteiger partial charge in [-0.1, -0.05) is 33.8 Å². The fourth-order valence-corrected chi connectivity index (χ4v) is 1.55. The van der Waals surface area contributed by atoms with E-state index in [2.05, 4.69) is 44.1 Å². The zero-order valence-electron chi connectivity index (χ0n) is 12.3. The molecule has 0 saturated heterocycles. The zero-order chi connectivity index (χ0) is 13.5. The molecule has 1 N–H and O–H groups in total. The summed E-state index contributed by atoms with van der Waals surface area (Å²) in [4.78, 5) is 4.49. The first kappa shape index (κ1) is 15.0. The molecule has 0 fully saturated rings. The molecule has 0 aliphatic heterocycles. The Morgan fingerprint density at radius 2 is 1.94 bits per heavy atom. The van der Waals surface area contributed by atoms with E-state index in [0.29, 0.717) is 12.0 Å². The van der Waals surface area contributed by atoms with Gasteiger partial charge in [-0.15, -0.1) is 0 Å². The number of pyridine rings is 1. The van der Waals surface area contributed by atoms with E-state index in [0.717, 1.165) is 31.1 Å². The standard InChI is InChI=1S/C15H26N2O/c1-11(2)8-9-18-15-7-6-14(13(5)17-15)10-16-12(3)4/h6-7,11-12,16H,8-10H2,1-5H3. The number of aryl methyl sites for hydroxylation is 1. The Morgan fingerprint density at radius 3 is 2.50 bits per heavy atom. The molecule has 18 heavy (non-hydrogen) atoms. The van der Waals surface area contributed by atoms with Crippen molar-refractivity contribution in [1.29, 1.82) is 0 Å². The van der Waals surface area contributed by atoms with E-state index in [9.17, 15) is 0 Å². The summed E-state index contributed by atoms with van der Waals surface area (Å²) in [5.41, 5.74) is 2.28. The van der Waals surface area contributed by atoms with Crippen molar-refractivity contribution >= 4 is 0 Å². The molecule has 1 rings (SSSR count). The normalized spacial score (nSPS) is 11.3. The highest BCUT2D eigenvalue weighted by Gasteiger charge is 2.04. The third-order valence-corrected chi connectivity index (χ3v) is 2.82. The molecule has 1 heterocycles. The lowest BCUT2D eigenvalue weighted by molar-refractivity contribution is 0.279. The van der Waals surface area contributed by atoms with Crippen molar-refractivity contribution in [3.05, 3.63) is 23.4 Å². The third kappa shape index (κ3) is 5.50. The molecule has 0 aromatic carbocycles. The van der Waals surface area contributed by atoms with Gasteiger partial charge in [0.15, 0.2) is 0 Å². The van der Waals surface area contributed by atoms with E-state index in [1.807, 2.05) is 13.0 Å². The quantitative estimate of drug-likeness (QED) is 0.806. The number of aromatic nitrogens is 1. The number of nitrogens with zero attached hydrogens (tertiary/aromatic N) is 1. The maximum Gasteiger partial charge on any atom is 0.213 e. The lowest BCUT2D eigenvalue weighted by Gasteiger charge is -2.12. The first-order valence-electron chi connectivity index (χ1n) is 6.81. The molecule has 3 heteroatoms. The summed E-state index contributed by atoms with van der Waals surface area (Å²) in [7, 11) is 0. The zero-order valence-corrected chi connectivity index (χ0v) is 12.3. The predicted octanol–water partition coefficient (Wildman–Crippen LogP) is 3.31. The molecule has 1 aromatic heterocycles. The molecule has 0 aliphatic carbocycles. The van der Waals surface area contributed by atoms with Gasteiger partial charge in [-0.05, 0) is 24.8 Å². The lowest BCUT2D eigenvalue weighted by atomic mass is 10.1. The average Bonchev–Trinajstić information content (AvgIpc) is 2.27. The molecule has 0 saturated carbocycles. The van der Waals surface area contributed by atoms with Gasteiger partial charge in [-0.25, -0.2) is 4.98 Å². The van der Waals surface area contributed by atoms with Crippen LogP contribution >= 0.6 is 0 Å². The number of rotatable bonds is 7. The van der Waals surface area contributed by atoms with E-state index >= 15 is 0 Å². The number of hydrogen-bond donors (Lipinski definition) is 1. The van der Waals surface area contributed by atoms with Crippen LogP contribution in [0.4, 0.5) is 0 Å². The van der Waals surface area contributed by atoms with Gasteiger partial charge in [0.05, 0.1) is 6.61 Å². The Labute approximate surface area is 111 Å². The van der Waals surface area contributed by atoms with Crippen molar-refractivity contribution in [3.8, 4) is 5.88 Å². The fraction of sp³-hybridized carbons (Fsp3) is 0.667. The van der Waals surface area contributed by atoms with Crippen molar-refractivity contribution in [2.45, 2.75) is 53.6 Å². The maximum atomic E-state index is 5.65. The molecule has 0 spiro atoms. The Morgan fingerprint density at radius 1 is 1.22 bits per heavy atom. The van der Waals surface area contributed by atoms with Crippen LogP contribution in [0.25, 0.3) is 0 Å². The van der Waals surface area contributed by atoms with Crippen LogP contribution in [-0.2, 0) is 6.54 Å². The number of ether oxygens (including phenoxy) is 1. The summed E-state index contributed by atoms with van der Waals surface area (Å²) in [5.74, 6) is 1.40. The largest absolute Gasteiger partial charge is 0.478 e. The fourth-order valence-electron chi connectivity index (χ4n) is 1.55. The van der Waals surface area contributed by atoms with Gasteiger partial charge < -0.3 is 10.1 Å².